The Kier molecular flexibility index (Phi) is 3.93. The molecule has 1 aromatic carbocycles. The Morgan fingerprint density at radius 1 is 1.38 bits per heavy atom. The molecule has 1 saturated heterocycles. The van der Waals surface area contributed by atoms with Crippen molar-refractivity contribution in [2.45, 2.75) is 31.2 Å². The fourth-order valence-electron chi connectivity index (χ4n) is 3.09. The van der Waals surface area contributed by atoms with E-state index in [4.69, 9.17) is 4.74 Å². The molecule has 0 aromatic heterocycles. The van der Waals surface area contributed by atoms with Crippen molar-refractivity contribution in [1.29, 1.82) is 0 Å². The average molecular weight is 305 g/mol. The number of hydrogen-bond acceptors (Lipinski definition) is 4. The average Bonchev–Trinajstić information content (AvgIpc) is 2.66. The molecule has 3 rings (SSSR count). The maximum Gasteiger partial charge on any atom is 0.328 e. The van der Waals surface area contributed by atoms with Gasteiger partial charge in [-0.05, 0) is 23.3 Å². The third kappa shape index (κ3) is 2.44. The van der Waals surface area contributed by atoms with Gasteiger partial charge in [0.2, 0.25) is 5.91 Å². The summed E-state index contributed by atoms with van der Waals surface area (Å²) in [5.74, 6) is 0.628. The zero-order valence-electron chi connectivity index (χ0n) is 12.2. The number of carbonyl (C=O) groups is 2. The van der Waals surface area contributed by atoms with Crippen LogP contribution in [0.2, 0.25) is 0 Å². The molecule has 21 heavy (non-hydrogen) atoms. The van der Waals surface area contributed by atoms with E-state index in [-0.39, 0.29) is 23.2 Å². The van der Waals surface area contributed by atoms with Gasteiger partial charge in [0, 0.05) is 12.3 Å². The van der Waals surface area contributed by atoms with Crippen molar-refractivity contribution in [1.82, 2.24) is 4.90 Å². The number of hydrogen-bond donors (Lipinski definition) is 0. The lowest BCUT2D eigenvalue weighted by Crippen LogP contribution is -2.51. The van der Waals surface area contributed by atoms with Gasteiger partial charge in [0.1, 0.15) is 11.4 Å². The first kappa shape index (κ1) is 14.4. The number of benzene rings is 1. The summed E-state index contributed by atoms with van der Waals surface area (Å²) in [6.07, 6.45) is 1.39. The summed E-state index contributed by atoms with van der Waals surface area (Å²) in [5, 5.41) is -0.0727. The number of carbonyl (C=O) groups excluding carboxylic acids is 2. The number of methoxy groups -OCH3 is 1. The highest BCUT2D eigenvalue weighted by Crippen LogP contribution is 2.44. The number of ether oxygens (including phenoxy) is 1. The van der Waals surface area contributed by atoms with Crippen LogP contribution in [0.25, 0.3) is 0 Å². The van der Waals surface area contributed by atoms with E-state index >= 15 is 0 Å². The quantitative estimate of drug-likeness (QED) is 0.747. The summed E-state index contributed by atoms with van der Waals surface area (Å²) in [6.45, 7) is 1.94. The maximum absolute atomic E-state index is 12.7. The lowest BCUT2D eigenvalue weighted by molar-refractivity contribution is -0.155. The van der Waals surface area contributed by atoms with Crippen LogP contribution in [0.1, 0.15) is 29.8 Å². The van der Waals surface area contributed by atoms with Gasteiger partial charge >= 0.3 is 5.97 Å². The van der Waals surface area contributed by atoms with E-state index in [1.54, 1.807) is 16.7 Å². The van der Waals surface area contributed by atoms with E-state index in [1.807, 2.05) is 25.1 Å². The topological polar surface area (TPSA) is 46.6 Å². The number of thioether (sulfide) groups is 1. The van der Waals surface area contributed by atoms with Crippen molar-refractivity contribution < 1.29 is 14.3 Å². The third-order valence-electron chi connectivity index (χ3n) is 4.30. The van der Waals surface area contributed by atoms with Gasteiger partial charge in [0.25, 0.3) is 0 Å². The number of fused-ring (bicyclic) bond motifs is 3. The fraction of sp³-hybridized carbons (Fsp3) is 0.500. The predicted octanol–water partition coefficient (Wildman–Crippen LogP) is 2.38. The van der Waals surface area contributed by atoms with Crippen LogP contribution >= 0.6 is 11.8 Å². The molecule has 2 aliphatic heterocycles. The first-order chi connectivity index (χ1) is 10.1. The van der Waals surface area contributed by atoms with Crippen LogP contribution in [-0.2, 0) is 20.7 Å². The Hall–Kier alpha value is -1.49. The molecule has 0 aliphatic carbocycles. The number of nitrogens with zero attached hydrogens (tertiary/aromatic N) is 1. The second kappa shape index (κ2) is 5.72. The lowest BCUT2D eigenvalue weighted by Gasteiger charge is -2.41. The molecular formula is C16H19NO3S. The molecule has 112 valence electrons. The molecule has 1 aromatic rings. The summed E-state index contributed by atoms with van der Waals surface area (Å²) in [5.41, 5.74) is 2.30. The van der Waals surface area contributed by atoms with Crippen LogP contribution in [-0.4, -0.2) is 35.7 Å². The summed E-state index contributed by atoms with van der Waals surface area (Å²) in [6, 6.07) is 7.58. The number of esters is 1. The second-order valence-electron chi connectivity index (χ2n) is 5.60. The largest absolute Gasteiger partial charge is 0.467 e. The van der Waals surface area contributed by atoms with Crippen LogP contribution in [0.3, 0.4) is 0 Å². The van der Waals surface area contributed by atoms with Gasteiger partial charge in [-0.2, -0.15) is 0 Å². The van der Waals surface area contributed by atoms with E-state index in [9.17, 15) is 9.59 Å². The van der Waals surface area contributed by atoms with Crippen LogP contribution in [0.15, 0.2) is 24.3 Å². The molecule has 3 atom stereocenters. The smallest absolute Gasteiger partial charge is 0.328 e. The van der Waals surface area contributed by atoms with Gasteiger partial charge in [-0.25, -0.2) is 4.79 Å². The lowest BCUT2D eigenvalue weighted by atomic mass is 9.92. The molecule has 0 saturated carbocycles. The first-order valence-corrected chi connectivity index (χ1v) is 8.27. The molecule has 2 aliphatic rings. The Morgan fingerprint density at radius 3 is 2.90 bits per heavy atom. The molecule has 2 unspecified atom stereocenters. The standard InChI is InChI=1S/C16H19NO3S/c1-10-7-8-21-15-12-6-4-3-5-11(12)9-13(16(19)20-2)17(15)14(10)18/h3-6,10,13,15H,7-9H2,1-2H3/t10-,13?,15?/m0/s1. The minimum absolute atomic E-state index is 0.0417. The molecular weight excluding hydrogens is 286 g/mol. The van der Waals surface area contributed by atoms with Crippen LogP contribution in [0.4, 0.5) is 0 Å². The molecule has 0 spiro atoms. The van der Waals surface area contributed by atoms with Gasteiger partial charge in [-0.15, -0.1) is 11.8 Å². The number of rotatable bonds is 1. The SMILES string of the molecule is COC(=O)C1Cc2ccccc2C2SCC[C@H](C)C(=O)N12. The second-order valence-corrected chi connectivity index (χ2v) is 6.79. The van der Waals surface area contributed by atoms with Crippen LogP contribution in [0, 0.1) is 5.92 Å². The summed E-state index contributed by atoms with van der Waals surface area (Å²) < 4.78 is 4.94. The highest BCUT2D eigenvalue weighted by atomic mass is 32.2. The van der Waals surface area contributed by atoms with Gasteiger partial charge in [-0.1, -0.05) is 31.2 Å². The Balaban J connectivity index is 2.08. The van der Waals surface area contributed by atoms with Crippen molar-refractivity contribution in [2.24, 2.45) is 5.92 Å². The maximum atomic E-state index is 12.7. The first-order valence-electron chi connectivity index (χ1n) is 7.23. The molecule has 0 bridgehead atoms. The van der Waals surface area contributed by atoms with E-state index in [2.05, 4.69) is 6.07 Å². The molecule has 1 amide bonds. The highest BCUT2D eigenvalue weighted by molar-refractivity contribution is 7.99. The zero-order chi connectivity index (χ0) is 15.0. The minimum atomic E-state index is -0.504. The van der Waals surface area contributed by atoms with Crippen molar-refractivity contribution in [3.8, 4) is 0 Å². The fourth-order valence-corrected chi connectivity index (χ4v) is 4.62. The Bertz CT molecular complexity index is 574. The van der Waals surface area contributed by atoms with Gasteiger partial charge < -0.3 is 9.64 Å². The summed E-state index contributed by atoms with van der Waals surface area (Å²) >= 11 is 1.75. The highest BCUT2D eigenvalue weighted by Gasteiger charge is 2.44. The minimum Gasteiger partial charge on any atom is -0.467 e. The van der Waals surface area contributed by atoms with Gasteiger partial charge in [0.05, 0.1) is 7.11 Å². The number of amides is 1. The molecule has 2 heterocycles. The Morgan fingerprint density at radius 2 is 2.14 bits per heavy atom. The molecule has 1 fully saturated rings. The predicted molar refractivity (Wildman–Crippen MR) is 81.8 cm³/mol. The van der Waals surface area contributed by atoms with Crippen molar-refractivity contribution in [3.63, 3.8) is 0 Å². The molecule has 4 nitrogen and oxygen atoms in total. The van der Waals surface area contributed by atoms with Crippen LogP contribution in [0.5, 0.6) is 0 Å². The monoisotopic (exact) mass is 305 g/mol. The summed E-state index contributed by atoms with van der Waals surface area (Å²) in [4.78, 5) is 26.7. The van der Waals surface area contributed by atoms with E-state index in [0.29, 0.717) is 6.42 Å². The third-order valence-corrected chi connectivity index (χ3v) is 5.57. The van der Waals surface area contributed by atoms with Gasteiger partial charge in [-0.3, -0.25) is 4.79 Å². The van der Waals surface area contributed by atoms with Crippen molar-refractivity contribution >= 4 is 23.6 Å². The van der Waals surface area contributed by atoms with Gasteiger partial charge in [0.15, 0.2) is 0 Å². The van der Waals surface area contributed by atoms with E-state index < -0.39 is 6.04 Å². The van der Waals surface area contributed by atoms with Crippen LogP contribution < -0.4 is 0 Å². The molecule has 0 N–H and O–H groups in total. The zero-order valence-corrected chi connectivity index (χ0v) is 13.1. The summed E-state index contributed by atoms with van der Waals surface area (Å²) in [7, 11) is 1.39. The van der Waals surface area contributed by atoms with E-state index in [1.165, 1.54) is 7.11 Å². The molecule has 0 radical (unpaired) electrons. The van der Waals surface area contributed by atoms with Crippen molar-refractivity contribution in [2.75, 3.05) is 12.9 Å². The molecule has 5 heteroatoms. The normalized spacial score (nSPS) is 28.4. The van der Waals surface area contributed by atoms with E-state index in [0.717, 1.165) is 23.3 Å². The van der Waals surface area contributed by atoms with Crippen molar-refractivity contribution in [3.05, 3.63) is 35.4 Å². The Labute approximate surface area is 128 Å².